The molecular formula is C41H31NO4. The van der Waals surface area contributed by atoms with Gasteiger partial charge in [0.05, 0.1) is 5.70 Å². The zero-order valence-corrected chi connectivity index (χ0v) is 25.5. The normalized spacial score (nSPS) is 12.9. The average molecular weight is 602 g/mol. The monoisotopic (exact) mass is 601 g/mol. The molecule has 2 aliphatic carbocycles. The van der Waals surface area contributed by atoms with Crippen LogP contribution in [0.5, 0.6) is 11.5 Å². The summed E-state index contributed by atoms with van der Waals surface area (Å²) in [6.45, 7) is 8.76. The SMILES string of the molecule is C=CC(=O)Oc1ccc(N(C2=CCC3=CCc4cccc5ccc2c3c45)c2ccc(-c3ccc(OC(=O)C(=C)C)cc3)cc2)cc1. The Balaban J connectivity index is 1.28. The first-order chi connectivity index (χ1) is 22.4. The van der Waals surface area contributed by atoms with Gasteiger partial charge in [0.2, 0.25) is 0 Å². The van der Waals surface area contributed by atoms with E-state index in [1.807, 2.05) is 24.3 Å². The predicted octanol–water partition coefficient (Wildman–Crippen LogP) is 9.60. The number of carbonyl (C=O) groups excluding carboxylic acids is 2. The number of carbonyl (C=O) groups is 2. The molecule has 5 heteroatoms. The topological polar surface area (TPSA) is 55.8 Å². The van der Waals surface area contributed by atoms with Crippen LogP contribution in [0, 0.1) is 0 Å². The summed E-state index contributed by atoms with van der Waals surface area (Å²) in [5, 5.41) is 2.59. The molecule has 0 saturated carbocycles. The van der Waals surface area contributed by atoms with Crippen molar-refractivity contribution in [2.45, 2.75) is 19.8 Å². The molecule has 0 atom stereocenters. The van der Waals surface area contributed by atoms with Crippen LogP contribution >= 0.6 is 0 Å². The lowest BCUT2D eigenvalue weighted by Gasteiger charge is -2.34. The number of ether oxygens (including phenoxy) is 2. The molecule has 0 heterocycles. The Morgan fingerprint density at radius 1 is 0.739 bits per heavy atom. The van der Waals surface area contributed by atoms with E-state index in [0.29, 0.717) is 17.1 Å². The van der Waals surface area contributed by atoms with Crippen LogP contribution in [0.2, 0.25) is 0 Å². The molecule has 224 valence electrons. The van der Waals surface area contributed by atoms with Crippen molar-refractivity contribution in [2.24, 2.45) is 0 Å². The summed E-state index contributed by atoms with van der Waals surface area (Å²) in [6.07, 6.45) is 7.60. The Hall–Kier alpha value is -5.94. The molecule has 2 aliphatic rings. The van der Waals surface area contributed by atoms with Crippen LogP contribution in [0.15, 0.2) is 140 Å². The van der Waals surface area contributed by atoms with E-state index in [9.17, 15) is 9.59 Å². The molecule has 5 aromatic carbocycles. The Bertz CT molecular complexity index is 2100. The molecule has 46 heavy (non-hydrogen) atoms. The van der Waals surface area contributed by atoms with E-state index in [1.54, 1.807) is 31.2 Å². The van der Waals surface area contributed by atoms with Gasteiger partial charge in [-0.05, 0) is 107 Å². The Morgan fingerprint density at radius 2 is 1.37 bits per heavy atom. The molecule has 5 nitrogen and oxygen atoms in total. The third-order valence-corrected chi connectivity index (χ3v) is 8.41. The number of anilines is 2. The van der Waals surface area contributed by atoms with E-state index in [-0.39, 0.29) is 0 Å². The predicted molar refractivity (Wildman–Crippen MR) is 185 cm³/mol. The van der Waals surface area contributed by atoms with Crippen LogP contribution in [0.4, 0.5) is 11.4 Å². The van der Waals surface area contributed by atoms with E-state index in [2.05, 4.69) is 84.8 Å². The van der Waals surface area contributed by atoms with Crippen molar-refractivity contribution in [3.8, 4) is 22.6 Å². The van der Waals surface area contributed by atoms with Crippen molar-refractivity contribution >= 4 is 45.4 Å². The molecule has 0 N–H and O–H groups in total. The molecule has 0 bridgehead atoms. The van der Waals surface area contributed by atoms with Gasteiger partial charge in [0.25, 0.3) is 0 Å². The summed E-state index contributed by atoms with van der Waals surface area (Å²) in [5.41, 5.74) is 10.6. The van der Waals surface area contributed by atoms with Crippen LogP contribution in [-0.2, 0) is 16.0 Å². The van der Waals surface area contributed by atoms with Crippen LogP contribution in [0.1, 0.15) is 30.0 Å². The van der Waals surface area contributed by atoms with Crippen LogP contribution in [0.25, 0.3) is 33.2 Å². The Labute approximate surface area is 268 Å². The van der Waals surface area contributed by atoms with E-state index in [1.165, 1.54) is 33.0 Å². The lowest BCUT2D eigenvalue weighted by atomic mass is 9.80. The highest BCUT2D eigenvalue weighted by Gasteiger charge is 2.27. The van der Waals surface area contributed by atoms with E-state index in [4.69, 9.17) is 9.47 Å². The maximum absolute atomic E-state index is 11.9. The van der Waals surface area contributed by atoms with Crippen molar-refractivity contribution in [2.75, 3.05) is 4.90 Å². The van der Waals surface area contributed by atoms with Crippen molar-refractivity contribution in [3.05, 3.63) is 157 Å². The number of nitrogens with zero attached hydrogens (tertiary/aromatic N) is 1. The molecule has 0 radical (unpaired) electrons. The maximum atomic E-state index is 11.9. The highest BCUT2D eigenvalue weighted by Crippen LogP contribution is 2.46. The Kier molecular flexibility index (Phi) is 7.43. The van der Waals surface area contributed by atoms with Gasteiger partial charge in [-0.2, -0.15) is 0 Å². The van der Waals surface area contributed by atoms with Crippen LogP contribution in [0.3, 0.4) is 0 Å². The summed E-state index contributed by atoms with van der Waals surface area (Å²) in [5.74, 6) is -0.0142. The van der Waals surface area contributed by atoms with Crippen molar-refractivity contribution in [3.63, 3.8) is 0 Å². The second-order valence-electron chi connectivity index (χ2n) is 11.4. The molecule has 5 aromatic rings. The standard InChI is InChI=1S/C41H31NO4/c1-4-38(43)45-34-22-18-33(19-23-34)42(32-16-10-27(11-17-32)28-12-20-35(21-13-28)46-41(44)26(2)3)37-25-15-31-9-8-29-6-5-7-30-14-24-36(37)40(31)39(29)30/h4-7,9-14,16-25H,1-2,8,15H2,3H3. The van der Waals surface area contributed by atoms with Gasteiger partial charge in [-0.15, -0.1) is 0 Å². The number of hydrogen-bond acceptors (Lipinski definition) is 5. The Morgan fingerprint density at radius 3 is 2.04 bits per heavy atom. The minimum absolute atomic E-state index is 0.352. The lowest BCUT2D eigenvalue weighted by Crippen LogP contribution is -2.19. The van der Waals surface area contributed by atoms with Gasteiger partial charge in [0.1, 0.15) is 11.5 Å². The fourth-order valence-corrected chi connectivity index (χ4v) is 6.18. The third-order valence-electron chi connectivity index (χ3n) is 8.41. The van der Waals surface area contributed by atoms with Crippen molar-refractivity contribution < 1.29 is 19.1 Å². The second-order valence-corrected chi connectivity index (χ2v) is 11.4. The van der Waals surface area contributed by atoms with Gasteiger partial charge in [-0.25, -0.2) is 9.59 Å². The maximum Gasteiger partial charge on any atom is 0.338 e. The van der Waals surface area contributed by atoms with Gasteiger partial charge in [-0.1, -0.05) is 79.9 Å². The fourth-order valence-electron chi connectivity index (χ4n) is 6.18. The highest BCUT2D eigenvalue weighted by molar-refractivity contribution is 6.06. The first-order valence-corrected chi connectivity index (χ1v) is 15.2. The van der Waals surface area contributed by atoms with Crippen LogP contribution < -0.4 is 14.4 Å². The van der Waals surface area contributed by atoms with Gasteiger partial charge >= 0.3 is 11.9 Å². The molecule has 0 spiro atoms. The zero-order valence-electron chi connectivity index (χ0n) is 25.5. The van der Waals surface area contributed by atoms with Crippen molar-refractivity contribution in [1.82, 2.24) is 0 Å². The molecule has 0 aromatic heterocycles. The summed E-state index contributed by atoms with van der Waals surface area (Å²) in [7, 11) is 0. The number of rotatable bonds is 8. The van der Waals surface area contributed by atoms with Gasteiger partial charge in [0, 0.05) is 28.6 Å². The summed E-state index contributed by atoms with van der Waals surface area (Å²) < 4.78 is 10.7. The quantitative estimate of drug-likeness (QED) is 0.101. The lowest BCUT2D eigenvalue weighted by molar-refractivity contribution is -0.130. The second kappa shape index (κ2) is 11.9. The molecule has 0 unspecified atom stereocenters. The number of esters is 2. The van der Waals surface area contributed by atoms with E-state index >= 15 is 0 Å². The molecule has 0 aliphatic heterocycles. The molecule has 0 amide bonds. The largest absolute Gasteiger partial charge is 0.423 e. The van der Waals surface area contributed by atoms with Gasteiger partial charge in [-0.3, -0.25) is 0 Å². The summed E-state index contributed by atoms with van der Waals surface area (Å²) >= 11 is 0. The highest BCUT2D eigenvalue weighted by atomic mass is 16.5. The fraction of sp³-hybridized carbons (Fsp3) is 0.0732. The first kappa shape index (κ1) is 28.8. The smallest absolute Gasteiger partial charge is 0.338 e. The molecule has 7 rings (SSSR count). The number of hydrogen-bond donors (Lipinski definition) is 0. The first-order valence-electron chi connectivity index (χ1n) is 15.2. The van der Waals surface area contributed by atoms with E-state index < -0.39 is 11.9 Å². The van der Waals surface area contributed by atoms with Gasteiger partial charge in [0.15, 0.2) is 0 Å². The van der Waals surface area contributed by atoms with Gasteiger partial charge < -0.3 is 14.4 Å². The minimum Gasteiger partial charge on any atom is -0.423 e. The minimum atomic E-state index is -0.498. The average Bonchev–Trinajstić information content (AvgIpc) is 3.09. The third kappa shape index (κ3) is 5.33. The number of allylic oxidation sites excluding steroid dienone is 3. The number of benzene rings is 5. The summed E-state index contributed by atoms with van der Waals surface area (Å²) in [6, 6.07) is 34.4. The van der Waals surface area contributed by atoms with E-state index in [0.717, 1.165) is 47.1 Å². The van der Waals surface area contributed by atoms with Crippen molar-refractivity contribution in [1.29, 1.82) is 0 Å². The molecular weight excluding hydrogens is 570 g/mol. The summed E-state index contributed by atoms with van der Waals surface area (Å²) in [4.78, 5) is 26.0. The molecule has 0 saturated heterocycles. The zero-order chi connectivity index (χ0) is 31.8. The van der Waals surface area contributed by atoms with Crippen LogP contribution in [-0.4, -0.2) is 11.9 Å². The molecule has 0 fully saturated rings.